The van der Waals surface area contributed by atoms with Crippen LogP contribution in [-0.2, 0) is 16.1 Å². The van der Waals surface area contributed by atoms with Crippen LogP contribution in [0.3, 0.4) is 0 Å². The lowest BCUT2D eigenvalue weighted by Gasteiger charge is -2.21. The van der Waals surface area contributed by atoms with Crippen molar-refractivity contribution in [2.45, 2.75) is 39.8 Å². The SMILES string of the molecule is CCCOc1cccc(NC(=O)[C@@H](NC(=O)OCc2ccccc2)C(C)C)c1. The molecule has 0 fully saturated rings. The smallest absolute Gasteiger partial charge is 0.408 e. The van der Waals surface area contributed by atoms with Gasteiger partial charge in [-0.05, 0) is 30.0 Å². The van der Waals surface area contributed by atoms with Gasteiger partial charge in [0.1, 0.15) is 18.4 Å². The van der Waals surface area contributed by atoms with Crippen molar-refractivity contribution in [3.63, 3.8) is 0 Å². The number of hydrogen-bond donors (Lipinski definition) is 2. The molecule has 0 saturated carbocycles. The molecule has 150 valence electrons. The predicted octanol–water partition coefficient (Wildman–Crippen LogP) is 4.36. The molecule has 6 heteroatoms. The second kappa shape index (κ2) is 11.0. The first-order valence-electron chi connectivity index (χ1n) is 9.50. The average molecular weight is 384 g/mol. The van der Waals surface area contributed by atoms with E-state index in [9.17, 15) is 9.59 Å². The molecule has 2 aromatic carbocycles. The molecular weight excluding hydrogens is 356 g/mol. The summed E-state index contributed by atoms with van der Waals surface area (Å²) in [4.78, 5) is 24.8. The van der Waals surface area contributed by atoms with Crippen LogP contribution in [0.4, 0.5) is 10.5 Å². The van der Waals surface area contributed by atoms with Crippen molar-refractivity contribution >= 4 is 17.7 Å². The van der Waals surface area contributed by atoms with Gasteiger partial charge < -0.3 is 20.1 Å². The van der Waals surface area contributed by atoms with Gasteiger partial charge in [-0.15, -0.1) is 0 Å². The van der Waals surface area contributed by atoms with E-state index in [4.69, 9.17) is 9.47 Å². The Labute approximate surface area is 166 Å². The topological polar surface area (TPSA) is 76.7 Å². The number of nitrogens with one attached hydrogen (secondary N) is 2. The molecule has 0 radical (unpaired) electrons. The molecule has 6 nitrogen and oxygen atoms in total. The molecule has 0 unspecified atom stereocenters. The van der Waals surface area contributed by atoms with E-state index in [1.54, 1.807) is 12.1 Å². The molecule has 2 rings (SSSR count). The summed E-state index contributed by atoms with van der Waals surface area (Å²) in [6.07, 6.45) is 0.277. The second-order valence-corrected chi connectivity index (χ2v) is 6.79. The normalized spacial score (nSPS) is 11.6. The fraction of sp³-hybridized carbons (Fsp3) is 0.364. The van der Waals surface area contributed by atoms with Crippen LogP contribution in [0, 0.1) is 5.92 Å². The molecule has 0 aliphatic rings. The van der Waals surface area contributed by atoms with Gasteiger partial charge in [0.15, 0.2) is 0 Å². The number of rotatable bonds is 9. The minimum atomic E-state index is -0.719. The van der Waals surface area contributed by atoms with Gasteiger partial charge >= 0.3 is 6.09 Å². The van der Waals surface area contributed by atoms with Gasteiger partial charge in [0.25, 0.3) is 0 Å². The second-order valence-electron chi connectivity index (χ2n) is 6.79. The van der Waals surface area contributed by atoms with E-state index in [1.165, 1.54) is 0 Å². The summed E-state index contributed by atoms with van der Waals surface area (Å²) in [6.45, 7) is 6.52. The monoisotopic (exact) mass is 384 g/mol. The van der Waals surface area contributed by atoms with Gasteiger partial charge in [0.2, 0.25) is 5.91 Å². The maximum absolute atomic E-state index is 12.7. The number of ether oxygens (including phenoxy) is 2. The average Bonchev–Trinajstić information content (AvgIpc) is 2.69. The van der Waals surface area contributed by atoms with E-state index in [-0.39, 0.29) is 18.4 Å². The Hall–Kier alpha value is -3.02. The molecule has 0 bridgehead atoms. The summed E-state index contributed by atoms with van der Waals surface area (Å²) >= 11 is 0. The number of carbonyl (C=O) groups is 2. The molecule has 0 aliphatic carbocycles. The number of anilines is 1. The third-order valence-electron chi connectivity index (χ3n) is 4.01. The maximum atomic E-state index is 12.7. The van der Waals surface area contributed by atoms with Crippen molar-refractivity contribution in [1.29, 1.82) is 0 Å². The highest BCUT2D eigenvalue weighted by Crippen LogP contribution is 2.18. The molecular formula is C22H28N2O4. The quantitative estimate of drug-likeness (QED) is 0.673. The molecule has 1 atom stereocenters. The Balaban J connectivity index is 1.93. The van der Waals surface area contributed by atoms with Crippen LogP contribution in [0.25, 0.3) is 0 Å². The summed E-state index contributed by atoms with van der Waals surface area (Å²) < 4.78 is 10.8. The Bertz CT molecular complexity index is 762. The highest BCUT2D eigenvalue weighted by Gasteiger charge is 2.25. The van der Waals surface area contributed by atoms with Crippen LogP contribution in [0.2, 0.25) is 0 Å². The van der Waals surface area contributed by atoms with Crippen LogP contribution in [0.1, 0.15) is 32.8 Å². The third kappa shape index (κ3) is 6.95. The Morgan fingerprint density at radius 3 is 2.46 bits per heavy atom. The Morgan fingerprint density at radius 2 is 1.79 bits per heavy atom. The third-order valence-corrected chi connectivity index (χ3v) is 4.01. The van der Waals surface area contributed by atoms with Crippen molar-refractivity contribution in [2.75, 3.05) is 11.9 Å². The lowest BCUT2D eigenvalue weighted by Crippen LogP contribution is -2.47. The van der Waals surface area contributed by atoms with Gasteiger partial charge in [-0.2, -0.15) is 0 Å². The maximum Gasteiger partial charge on any atom is 0.408 e. The highest BCUT2D eigenvalue weighted by molar-refractivity contribution is 5.96. The summed E-state index contributed by atoms with van der Waals surface area (Å²) in [5, 5.41) is 5.48. The van der Waals surface area contributed by atoms with E-state index < -0.39 is 12.1 Å². The van der Waals surface area contributed by atoms with Crippen LogP contribution in [0.15, 0.2) is 54.6 Å². The zero-order valence-corrected chi connectivity index (χ0v) is 16.6. The Morgan fingerprint density at radius 1 is 1.04 bits per heavy atom. The predicted molar refractivity (Wildman–Crippen MR) is 109 cm³/mol. The van der Waals surface area contributed by atoms with E-state index in [0.717, 1.165) is 12.0 Å². The molecule has 28 heavy (non-hydrogen) atoms. The van der Waals surface area contributed by atoms with Crippen LogP contribution in [0.5, 0.6) is 5.75 Å². The van der Waals surface area contributed by atoms with Crippen molar-refractivity contribution < 1.29 is 19.1 Å². The summed E-state index contributed by atoms with van der Waals surface area (Å²) in [5.41, 5.74) is 1.50. The number of amides is 2. The van der Waals surface area contributed by atoms with E-state index in [0.29, 0.717) is 18.0 Å². The number of carbonyl (C=O) groups excluding carboxylic acids is 2. The van der Waals surface area contributed by atoms with E-state index >= 15 is 0 Å². The largest absolute Gasteiger partial charge is 0.494 e. The highest BCUT2D eigenvalue weighted by atomic mass is 16.5. The summed E-state index contributed by atoms with van der Waals surface area (Å²) in [6, 6.07) is 15.9. The van der Waals surface area contributed by atoms with Gasteiger partial charge in [0, 0.05) is 11.8 Å². The van der Waals surface area contributed by atoms with Crippen LogP contribution >= 0.6 is 0 Å². The molecule has 0 heterocycles. The number of hydrogen-bond acceptors (Lipinski definition) is 4. The summed E-state index contributed by atoms with van der Waals surface area (Å²) in [5.74, 6) is 0.277. The lowest BCUT2D eigenvalue weighted by atomic mass is 10.0. The van der Waals surface area contributed by atoms with Gasteiger partial charge in [0.05, 0.1) is 6.61 Å². The van der Waals surface area contributed by atoms with Gasteiger partial charge in [-0.25, -0.2) is 4.79 Å². The van der Waals surface area contributed by atoms with E-state index in [1.807, 2.05) is 63.2 Å². The van der Waals surface area contributed by atoms with Crippen molar-refractivity contribution in [3.8, 4) is 5.75 Å². The lowest BCUT2D eigenvalue weighted by molar-refractivity contribution is -0.119. The Kier molecular flexibility index (Phi) is 8.34. The summed E-state index contributed by atoms with van der Waals surface area (Å²) in [7, 11) is 0. The molecule has 0 spiro atoms. The van der Waals surface area contributed by atoms with Crippen molar-refractivity contribution in [1.82, 2.24) is 5.32 Å². The van der Waals surface area contributed by atoms with Crippen LogP contribution in [-0.4, -0.2) is 24.6 Å². The van der Waals surface area contributed by atoms with Gasteiger partial charge in [-0.1, -0.05) is 57.2 Å². The van der Waals surface area contributed by atoms with Crippen molar-refractivity contribution in [3.05, 3.63) is 60.2 Å². The molecule has 0 saturated heterocycles. The molecule has 0 aromatic heterocycles. The number of benzene rings is 2. The molecule has 2 N–H and O–H groups in total. The minimum absolute atomic E-state index is 0.108. The molecule has 2 aromatic rings. The fourth-order valence-electron chi connectivity index (χ4n) is 2.53. The molecule has 2 amide bonds. The van der Waals surface area contributed by atoms with Gasteiger partial charge in [-0.3, -0.25) is 4.79 Å². The standard InChI is InChI=1S/C22H28N2O4/c1-4-13-27-19-12-8-11-18(14-19)23-21(25)20(16(2)3)24-22(26)28-15-17-9-6-5-7-10-17/h5-12,14,16,20H,4,13,15H2,1-3H3,(H,23,25)(H,24,26)/t20-/m0/s1. The van der Waals surface area contributed by atoms with Crippen molar-refractivity contribution in [2.24, 2.45) is 5.92 Å². The first-order valence-corrected chi connectivity index (χ1v) is 9.50. The van der Waals surface area contributed by atoms with Crippen LogP contribution < -0.4 is 15.4 Å². The van der Waals surface area contributed by atoms with E-state index in [2.05, 4.69) is 10.6 Å². The number of alkyl carbamates (subject to hydrolysis) is 1. The first kappa shape index (κ1) is 21.3. The minimum Gasteiger partial charge on any atom is -0.494 e. The fourth-order valence-corrected chi connectivity index (χ4v) is 2.53. The zero-order valence-electron chi connectivity index (χ0n) is 16.6. The first-order chi connectivity index (χ1) is 13.5. The molecule has 0 aliphatic heterocycles. The zero-order chi connectivity index (χ0) is 20.4.